The van der Waals surface area contributed by atoms with Gasteiger partial charge in [0.1, 0.15) is 11.6 Å². The van der Waals surface area contributed by atoms with Gasteiger partial charge < -0.3 is 4.74 Å². The van der Waals surface area contributed by atoms with E-state index in [-0.39, 0.29) is 5.82 Å². The number of nitrogens with zero attached hydrogens (tertiary/aromatic N) is 2. The number of hydrogen-bond acceptors (Lipinski definition) is 2. The van der Waals surface area contributed by atoms with Crippen LogP contribution in [0.2, 0.25) is 0 Å². The molecule has 0 amide bonds. The molecule has 2 aromatic rings. The Bertz CT molecular complexity index is 508. The molecule has 3 nitrogen and oxygen atoms in total. The first kappa shape index (κ1) is 11.6. The molecule has 0 aliphatic carbocycles. The Morgan fingerprint density at radius 1 is 1.41 bits per heavy atom. The van der Waals surface area contributed by atoms with Crippen LogP contribution in [0.15, 0.2) is 30.6 Å². The smallest absolute Gasteiger partial charge is 0.126 e. The number of aryl methyl sites for hydroxylation is 2. The van der Waals surface area contributed by atoms with Crippen molar-refractivity contribution < 1.29 is 9.13 Å². The van der Waals surface area contributed by atoms with E-state index in [0.29, 0.717) is 12.4 Å². The number of halogens is 1. The van der Waals surface area contributed by atoms with Crippen molar-refractivity contribution in [1.29, 1.82) is 0 Å². The molecule has 0 aliphatic heterocycles. The zero-order valence-electron chi connectivity index (χ0n) is 9.98. The molecule has 17 heavy (non-hydrogen) atoms. The highest BCUT2D eigenvalue weighted by atomic mass is 19.1. The summed E-state index contributed by atoms with van der Waals surface area (Å²) in [7, 11) is 1.88. The Morgan fingerprint density at radius 2 is 2.24 bits per heavy atom. The lowest BCUT2D eigenvalue weighted by molar-refractivity contribution is 0.318. The summed E-state index contributed by atoms with van der Waals surface area (Å²) in [5.41, 5.74) is 2.05. The molecule has 90 valence electrons. The van der Waals surface area contributed by atoms with Gasteiger partial charge in [0.25, 0.3) is 0 Å². The van der Waals surface area contributed by atoms with E-state index < -0.39 is 0 Å². The highest BCUT2D eigenvalue weighted by Crippen LogP contribution is 2.18. The van der Waals surface area contributed by atoms with Crippen LogP contribution in [0.4, 0.5) is 4.39 Å². The van der Waals surface area contributed by atoms with Crippen molar-refractivity contribution in [2.45, 2.75) is 13.3 Å². The summed E-state index contributed by atoms with van der Waals surface area (Å²) in [5.74, 6) is 0.334. The van der Waals surface area contributed by atoms with E-state index in [0.717, 1.165) is 17.5 Å². The summed E-state index contributed by atoms with van der Waals surface area (Å²) in [4.78, 5) is 0. The predicted molar refractivity (Wildman–Crippen MR) is 63.5 cm³/mol. The highest BCUT2D eigenvalue weighted by Gasteiger charge is 2.02. The van der Waals surface area contributed by atoms with E-state index in [1.165, 1.54) is 12.1 Å². The summed E-state index contributed by atoms with van der Waals surface area (Å²) in [5, 5.41) is 4.08. The van der Waals surface area contributed by atoms with E-state index >= 15 is 0 Å². The van der Waals surface area contributed by atoms with Gasteiger partial charge in [-0.1, -0.05) is 6.07 Å². The van der Waals surface area contributed by atoms with Crippen LogP contribution >= 0.6 is 0 Å². The van der Waals surface area contributed by atoms with Crippen molar-refractivity contribution >= 4 is 0 Å². The Labute approximate surface area is 99.8 Å². The number of hydrogen-bond donors (Lipinski definition) is 0. The minimum atomic E-state index is -0.271. The number of aromatic nitrogens is 2. The minimum absolute atomic E-state index is 0.271. The van der Waals surface area contributed by atoms with Crippen LogP contribution in [-0.2, 0) is 13.5 Å². The number of ether oxygens (including phenoxy) is 1. The van der Waals surface area contributed by atoms with Gasteiger partial charge in [0.2, 0.25) is 0 Å². The first-order valence-electron chi connectivity index (χ1n) is 5.51. The molecule has 4 heteroatoms. The molecule has 0 saturated heterocycles. The molecular weight excluding hydrogens is 219 g/mol. The van der Waals surface area contributed by atoms with Gasteiger partial charge in [0.15, 0.2) is 0 Å². The summed E-state index contributed by atoms with van der Waals surface area (Å²) in [6.07, 6.45) is 4.52. The van der Waals surface area contributed by atoms with Crippen molar-refractivity contribution in [1.82, 2.24) is 9.78 Å². The van der Waals surface area contributed by atoms with Crippen LogP contribution in [0, 0.1) is 12.7 Å². The van der Waals surface area contributed by atoms with Gasteiger partial charge in [0.05, 0.1) is 12.8 Å². The summed E-state index contributed by atoms with van der Waals surface area (Å²) < 4.78 is 20.3. The molecule has 1 aromatic carbocycles. The third-order valence-corrected chi connectivity index (χ3v) is 2.56. The van der Waals surface area contributed by atoms with Crippen LogP contribution in [-0.4, -0.2) is 16.4 Å². The van der Waals surface area contributed by atoms with E-state index in [4.69, 9.17) is 4.74 Å². The average molecular weight is 234 g/mol. The molecule has 0 aliphatic rings. The number of benzene rings is 1. The zero-order chi connectivity index (χ0) is 12.3. The van der Waals surface area contributed by atoms with E-state index in [9.17, 15) is 4.39 Å². The summed E-state index contributed by atoms with van der Waals surface area (Å²) in [6.45, 7) is 2.43. The first-order valence-corrected chi connectivity index (χ1v) is 5.51. The quantitative estimate of drug-likeness (QED) is 0.812. The van der Waals surface area contributed by atoms with E-state index in [2.05, 4.69) is 5.10 Å². The van der Waals surface area contributed by atoms with Gasteiger partial charge >= 0.3 is 0 Å². The first-order chi connectivity index (χ1) is 8.15. The Hall–Kier alpha value is -1.84. The average Bonchev–Trinajstić information content (AvgIpc) is 2.69. The summed E-state index contributed by atoms with van der Waals surface area (Å²) in [6, 6.07) is 4.57. The molecule has 0 unspecified atom stereocenters. The maximum absolute atomic E-state index is 13.0. The SMILES string of the molecule is Cc1ccc(F)cc1OCCc1cnn(C)c1. The molecule has 0 fully saturated rings. The lowest BCUT2D eigenvalue weighted by Gasteiger charge is -2.08. The lowest BCUT2D eigenvalue weighted by Crippen LogP contribution is -2.02. The third kappa shape index (κ3) is 3.06. The second-order valence-electron chi connectivity index (χ2n) is 4.03. The van der Waals surface area contributed by atoms with E-state index in [1.54, 1.807) is 10.7 Å². The van der Waals surface area contributed by atoms with Gasteiger partial charge in [-0.2, -0.15) is 5.10 Å². The molecule has 0 N–H and O–H groups in total. The highest BCUT2D eigenvalue weighted by molar-refractivity contribution is 5.32. The van der Waals surface area contributed by atoms with Gasteiger partial charge in [-0.25, -0.2) is 4.39 Å². The van der Waals surface area contributed by atoms with Crippen molar-refractivity contribution in [2.24, 2.45) is 7.05 Å². The summed E-state index contributed by atoms with van der Waals surface area (Å²) >= 11 is 0. The maximum atomic E-state index is 13.0. The van der Waals surface area contributed by atoms with Crippen molar-refractivity contribution in [3.63, 3.8) is 0 Å². The fourth-order valence-corrected chi connectivity index (χ4v) is 1.61. The maximum Gasteiger partial charge on any atom is 0.126 e. The molecule has 0 spiro atoms. The fourth-order valence-electron chi connectivity index (χ4n) is 1.61. The standard InChI is InChI=1S/C13H15FN2O/c1-10-3-4-12(14)7-13(10)17-6-5-11-8-15-16(2)9-11/h3-4,7-9H,5-6H2,1-2H3. The Kier molecular flexibility index (Phi) is 3.42. The van der Waals surface area contributed by atoms with Crippen molar-refractivity contribution in [3.8, 4) is 5.75 Å². The van der Waals surface area contributed by atoms with Gasteiger partial charge in [-0.3, -0.25) is 4.68 Å². The molecule has 1 heterocycles. The molecule has 2 rings (SSSR count). The van der Waals surface area contributed by atoms with Crippen LogP contribution in [0.1, 0.15) is 11.1 Å². The second-order valence-corrected chi connectivity index (χ2v) is 4.03. The molecule has 1 aromatic heterocycles. The van der Waals surface area contributed by atoms with Crippen molar-refractivity contribution in [3.05, 3.63) is 47.5 Å². The van der Waals surface area contributed by atoms with Gasteiger partial charge in [0, 0.05) is 25.7 Å². The molecule has 0 saturated carbocycles. The normalized spacial score (nSPS) is 10.5. The van der Waals surface area contributed by atoms with Gasteiger partial charge in [-0.15, -0.1) is 0 Å². The monoisotopic (exact) mass is 234 g/mol. The molecular formula is C13H15FN2O. The topological polar surface area (TPSA) is 27.1 Å². The third-order valence-electron chi connectivity index (χ3n) is 2.56. The number of rotatable bonds is 4. The fraction of sp³-hybridized carbons (Fsp3) is 0.308. The molecule has 0 bridgehead atoms. The Balaban J connectivity index is 1.91. The van der Waals surface area contributed by atoms with E-state index in [1.807, 2.05) is 26.4 Å². The van der Waals surface area contributed by atoms with Crippen LogP contribution < -0.4 is 4.74 Å². The minimum Gasteiger partial charge on any atom is -0.493 e. The molecule has 0 radical (unpaired) electrons. The van der Waals surface area contributed by atoms with Crippen LogP contribution in [0.25, 0.3) is 0 Å². The predicted octanol–water partition coefficient (Wildman–Crippen LogP) is 2.49. The zero-order valence-corrected chi connectivity index (χ0v) is 9.98. The largest absolute Gasteiger partial charge is 0.493 e. The van der Waals surface area contributed by atoms with Gasteiger partial charge in [-0.05, 0) is 24.1 Å². The van der Waals surface area contributed by atoms with Crippen LogP contribution in [0.5, 0.6) is 5.75 Å². The van der Waals surface area contributed by atoms with Crippen LogP contribution in [0.3, 0.4) is 0 Å². The van der Waals surface area contributed by atoms with Crippen molar-refractivity contribution in [2.75, 3.05) is 6.61 Å². The Morgan fingerprint density at radius 3 is 2.94 bits per heavy atom. The molecule has 0 atom stereocenters. The second kappa shape index (κ2) is 4.99. The lowest BCUT2D eigenvalue weighted by atomic mass is 10.2.